The van der Waals surface area contributed by atoms with E-state index in [1.165, 1.54) is 42.7 Å². The van der Waals surface area contributed by atoms with Crippen LogP contribution in [0.15, 0.2) is 59.8 Å². The Bertz CT molecular complexity index is 640. The monoisotopic (exact) mass is 307 g/mol. The molecule has 1 aromatic heterocycles. The van der Waals surface area contributed by atoms with Crippen LogP contribution in [-0.4, -0.2) is 13.0 Å². The fraction of sp³-hybridized carbons (Fsp3) is 0.312. The van der Waals surface area contributed by atoms with Crippen LogP contribution in [0.2, 0.25) is 0 Å². The van der Waals surface area contributed by atoms with E-state index < -0.39 is 10.1 Å². The number of hydrogen-bond donors (Lipinski definition) is 0. The fourth-order valence-electron chi connectivity index (χ4n) is 1.72. The Balaban J connectivity index is 0.000000211. The molecule has 114 valence electrons. The number of aryl methyl sites for hydroxylation is 2. The molecule has 0 saturated carbocycles. The molecule has 0 saturated heterocycles. The van der Waals surface area contributed by atoms with Crippen LogP contribution in [0.4, 0.5) is 0 Å². The molecule has 0 aliphatic carbocycles. The predicted octanol–water partition coefficient (Wildman–Crippen LogP) is 2.67. The Morgan fingerprint density at radius 2 is 1.76 bits per heavy atom. The minimum absolute atomic E-state index is 0.185. The van der Waals surface area contributed by atoms with Gasteiger partial charge in [-0.25, -0.2) is 13.0 Å². The second-order valence-electron chi connectivity index (χ2n) is 4.74. The van der Waals surface area contributed by atoms with Crippen LogP contribution in [0.25, 0.3) is 0 Å². The maximum Gasteiger partial charge on any atom is 0.171 e. The number of benzene rings is 1. The topological polar surface area (TPSA) is 61.1 Å². The van der Waals surface area contributed by atoms with Crippen molar-refractivity contribution in [2.75, 3.05) is 0 Å². The Labute approximate surface area is 126 Å². The van der Waals surface area contributed by atoms with Gasteiger partial charge in [-0.2, -0.15) is 0 Å². The van der Waals surface area contributed by atoms with Crippen molar-refractivity contribution in [2.45, 2.75) is 38.1 Å². The molecule has 0 radical (unpaired) electrons. The average molecular weight is 307 g/mol. The molecule has 0 fully saturated rings. The maximum atomic E-state index is 10.3. The zero-order valence-corrected chi connectivity index (χ0v) is 13.2. The first-order valence-corrected chi connectivity index (χ1v) is 8.31. The minimum atomic E-state index is -4.25. The molecule has 1 aromatic carbocycles. The summed E-state index contributed by atoms with van der Waals surface area (Å²) in [4.78, 5) is -0.185. The summed E-state index contributed by atoms with van der Waals surface area (Å²) in [5.74, 6) is 0. The molecule has 2 rings (SSSR count). The maximum absolute atomic E-state index is 10.3. The molecule has 0 unspecified atom stereocenters. The number of unbranched alkanes of at least 4 members (excludes halogenated alkanes) is 1. The summed E-state index contributed by atoms with van der Waals surface area (Å²) in [5, 5.41) is 0. The van der Waals surface area contributed by atoms with Crippen molar-refractivity contribution < 1.29 is 17.5 Å². The summed E-state index contributed by atoms with van der Waals surface area (Å²) in [6.45, 7) is 5.50. The number of rotatable bonds is 4. The first-order chi connectivity index (χ1) is 9.93. The molecule has 0 N–H and O–H groups in total. The lowest BCUT2D eigenvalue weighted by atomic mass is 10.3. The largest absolute Gasteiger partial charge is 0.744 e. The molecule has 0 amide bonds. The van der Waals surface area contributed by atoms with Gasteiger partial charge in [0.25, 0.3) is 0 Å². The lowest BCUT2D eigenvalue weighted by Gasteiger charge is -2.04. The van der Waals surface area contributed by atoms with E-state index in [1.54, 1.807) is 6.07 Å². The van der Waals surface area contributed by atoms with Gasteiger partial charge in [-0.05, 0) is 25.1 Å². The Kier molecular flexibility index (Phi) is 7.05. The first-order valence-electron chi connectivity index (χ1n) is 6.90. The number of nitrogens with zero attached hydrogens (tertiary/aromatic N) is 1. The number of aromatic nitrogens is 1. The van der Waals surface area contributed by atoms with E-state index >= 15 is 0 Å². The van der Waals surface area contributed by atoms with Crippen molar-refractivity contribution in [3.63, 3.8) is 0 Å². The third kappa shape index (κ3) is 7.02. The molecular weight excluding hydrogens is 286 g/mol. The SMILES string of the molecule is CCCC[n+]1cccc(C)c1.O=S(=O)([O-])c1ccccc1. The second kappa shape index (κ2) is 8.54. The normalized spacial score (nSPS) is 10.6. The van der Waals surface area contributed by atoms with Crippen molar-refractivity contribution >= 4 is 10.1 Å². The van der Waals surface area contributed by atoms with Crippen molar-refractivity contribution in [3.05, 3.63) is 60.4 Å². The highest BCUT2D eigenvalue weighted by Crippen LogP contribution is 2.04. The molecule has 1 heterocycles. The van der Waals surface area contributed by atoms with Gasteiger partial charge in [0.2, 0.25) is 0 Å². The summed E-state index contributed by atoms with van der Waals surface area (Å²) < 4.78 is 33.1. The third-order valence-corrected chi connectivity index (χ3v) is 3.66. The van der Waals surface area contributed by atoms with Gasteiger partial charge in [0.1, 0.15) is 16.7 Å². The highest BCUT2D eigenvalue weighted by molar-refractivity contribution is 7.85. The van der Waals surface area contributed by atoms with Crippen LogP contribution in [-0.2, 0) is 16.7 Å². The summed E-state index contributed by atoms with van der Waals surface area (Å²) in [6, 6.07) is 11.4. The van der Waals surface area contributed by atoms with Crippen LogP contribution >= 0.6 is 0 Å². The van der Waals surface area contributed by atoms with Crippen molar-refractivity contribution in [2.24, 2.45) is 0 Å². The molecule has 0 atom stereocenters. The van der Waals surface area contributed by atoms with Crippen LogP contribution in [0.3, 0.4) is 0 Å². The zero-order chi connectivity index (χ0) is 15.7. The highest BCUT2D eigenvalue weighted by Gasteiger charge is 1.97. The zero-order valence-electron chi connectivity index (χ0n) is 12.4. The van der Waals surface area contributed by atoms with E-state index in [0.29, 0.717) is 0 Å². The van der Waals surface area contributed by atoms with E-state index in [0.717, 1.165) is 6.54 Å². The highest BCUT2D eigenvalue weighted by atomic mass is 32.2. The molecule has 0 aliphatic heterocycles. The predicted molar refractivity (Wildman–Crippen MR) is 80.7 cm³/mol. The van der Waals surface area contributed by atoms with Gasteiger partial charge in [-0.3, -0.25) is 0 Å². The molecule has 0 bridgehead atoms. The van der Waals surface area contributed by atoms with Crippen LogP contribution in [0, 0.1) is 6.92 Å². The average Bonchev–Trinajstić information content (AvgIpc) is 2.46. The van der Waals surface area contributed by atoms with Crippen LogP contribution in [0.1, 0.15) is 25.3 Å². The van der Waals surface area contributed by atoms with Crippen LogP contribution in [0.5, 0.6) is 0 Å². The van der Waals surface area contributed by atoms with Gasteiger partial charge >= 0.3 is 0 Å². The molecule has 0 aliphatic rings. The second-order valence-corrected chi connectivity index (χ2v) is 6.12. The summed E-state index contributed by atoms with van der Waals surface area (Å²) in [7, 11) is -4.25. The van der Waals surface area contributed by atoms with Gasteiger partial charge in [0, 0.05) is 18.1 Å². The van der Waals surface area contributed by atoms with E-state index in [9.17, 15) is 13.0 Å². The van der Waals surface area contributed by atoms with E-state index in [2.05, 4.69) is 42.9 Å². The number of pyridine rings is 1. The van der Waals surface area contributed by atoms with E-state index in [1.807, 2.05) is 0 Å². The van der Waals surface area contributed by atoms with Crippen molar-refractivity contribution in [1.29, 1.82) is 0 Å². The van der Waals surface area contributed by atoms with E-state index in [-0.39, 0.29) is 4.90 Å². The fourth-order valence-corrected chi connectivity index (χ4v) is 2.21. The Hall–Kier alpha value is -1.72. The van der Waals surface area contributed by atoms with E-state index in [4.69, 9.17) is 0 Å². The third-order valence-electron chi connectivity index (χ3n) is 2.81. The van der Waals surface area contributed by atoms with Gasteiger partial charge < -0.3 is 4.55 Å². The minimum Gasteiger partial charge on any atom is -0.744 e. The van der Waals surface area contributed by atoms with Gasteiger partial charge in [0.15, 0.2) is 12.4 Å². The Morgan fingerprint density at radius 3 is 2.24 bits per heavy atom. The van der Waals surface area contributed by atoms with Crippen molar-refractivity contribution in [1.82, 2.24) is 0 Å². The molecule has 5 heteroatoms. The van der Waals surface area contributed by atoms with Crippen LogP contribution < -0.4 is 4.57 Å². The standard InChI is InChI=1S/C10H16N.C6H6O3S/c1-3-4-7-11-8-5-6-10(2)9-11;7-10(8,9)6-4-2-1-3-5-6/h5-6,8-9H,3-4,7H2,1-2H3;1-5H,(H,7,8,9)/q+1;/p-1. The number of hydrogen-bond acceptors (Lipinski definition) is 3. The lowest BCUT2D eigenvalue weighted by Crippen LogP contribution is -2.32. The van der Waals surface area contributed by atoms with Crippen molar-refractivity contribution in [3.8, 4) is 0 Å². The Morgan fingerprint density at radius 1 is 1.10 bits per heavy atom. The first kappa shape index (κ1) is 17.3. The van der Waals surface area contributed by atoms with Gasteiger partial charge in [-0.15, -0.1) is 0 Å². The smallest absolute Gasteiger partial charge is 0.171 e. The summed E-state index contributed by atoms with van der Waals surface area (Å²) in [5.41, 5.74) is 1.34. The summed E-state index contributed by atoms with van der Waals surface area (Å²) in [6.07, 6.45) is 6.85. The van der Waals surface area contributed by atoms with Gasteiger partial charge in [0.05, 0.1) is 4.90 Å². The quantitative estimate of drug-likeness (QED) is 0.644. The molecule has 21 heavy (non-hydrogen) atoms. The van der Waals surface area contributed by atoms with Gasteiger partial charge in [-0.1, -0.05) is 31.5 Å². The summed E-state index contributed by atoms with van der Waals surface area (Å²) >= 11 is 0. The molecule has 0 spiro atoms. The molecular formula is C16H21NO3S. The molecule has 4 nitrogen and oxygen atoms in total. The lowest BCUT2D eigenvalue weighted by molar-refractivity contribution is -0.697. The molecule has 2 aromatic rings.